The molecule has 3 rings (SSSR count). The summed E-state index contributed by atoms with van der Waals surface area (Å²) in [7, 11) is 1.54. The molecule has 0 unspecified atom stereocenters. The van der Waals surface area contributed by atoms with Crippen LogP contribution in [0.5, 0.6) is 17.2 Å². The van der Waals surface area contributed by atoms with E-state index in [0.717, 1.165) is 5.56 Å². The number of phenols is 1. The molecule has 3 aromatic carbocycles. The van der Waals surface area contributed by atoms with E-state index in [9.17, 15) is 14.7 Å². The van der Waals surface area contributed by atoms with Gasteiger partial charge in [-0.3, -0.25) is 9.59 Å². The van der Waals surface area contributed by atoms with Crippen LogP contribution in [-0.4, -0.2) is 42.4 Å². The molecule has 0 aliphatic rings. The van der Waals surface area contributed by atoms with E-state index >= 15 is 0 Å². The molecular weight excluding hydrogens is 483 g/mol. The predicted octanol–water partition coefficient (Wildman–Crippen LogP) is 4.26. The van der Waals surface area contributed by atoms with Crippen molar-refractivity contribution >= 4 is 40.7 Å². The first-order valence-electron chi connectivity index (χ1n) is 10.1. The van der Waals surface area contributed by atoms with Crippen molar-refractivity contribution in [1.29, 1.82) is 0 Å². The van der Waals surface area contributed by atoms with E-state index in [1.807, 2.05) is 18.2 Å². The van der Waals surface area contributed by atoms with Gasteiger partial charge in [0.1, 0.15) is 18.1 Å². The third-order valence-electron chi connectivity index (χ3n) is 4.75. The molecule has 0 fully saturated rings. The molecule has 0 aliphatic carbocycles. The number of anilines is 1. The highest BCUT2D eigenvalue weighted by molar-refractivity contribution is 6.37. The summed E-state index contributed by atoms with van der Waals surface area (Å²) in [6, 6.07) is 14.3. The maximum atomic E-state index is 13.1. The van der Waals surface area contributed by atoms with Gasteiger partial charge in [0.05, 0.1) is 35.0 Å². The molecule has 178 valence electrons. The Kier molecular flexibility index (Phi) is 8.59. The van der Waals surface area contributed by atoms with Gasteiger partial charge in [-0.25, -0.2) is 0 Å². The zero-order valence-corrected chi connectivity index (χ0v) is 19.6. The molecule has 2 amide bonds. The Morgan fingerprint density at radius 3 is 2.38 bits per heavy atom. The molecule has 0 saturated carbocycles. The summed E-state index contributed by atoms with van der Waals surface area (Å²) in [5, 5.41) is 24.0. The minimum absolute atomic E-state index is 0.0402. The van der Waals surface area contributed by atoms with Crippen LogP contribution < -0.4 is 20.1 Å². The first-order chi connectivity index (χ1) is 16.3. The quantitative estimate of drug-likeness (QED) is 0.345. The van der Waals surface area contributed by atoms with Crippen molar-refractivity contribution in [2.75, 3.05) is 25.6 Å². The lowest BCUT2D eigenvalue weighted by atomic mass is 10.1. The van der Waals surface area contributed by atoms with Gasteiger partial charge in [-0.2, -0.15) is 0 Å². The molecule has 8 nitrogen and oxygen atoms in total. The van der Waals surface area contributed by atoms with Crippen LogP contribution in [0.25, 0.3) is 0 Å². The number of rotatable bonds is 9. The molecule has 4 N–H and O–H groups in total. The Labute approximate surface area is 206 Å². The number of phenolic OH excluding ortho intramolecular Hbond substituents is 1. The SMILES string of the molecule is COc1ccccc1CNC(=O)c1cc(OCCO)ccc1NC(=O)c1cc(Cl)c(O)c(Cl)c1. The van der Waals surface area contributed by atoms with E-state index < -0.39 is 11.8 Å². The summed E-state index contributed by atoms with van der Waals surface area (Å²) in [5.41, 5.74) is 1.20. The highest BCUT2D eigenvalue weighted by atomic mass is 35.5. The topological polar surface area (TPSA) is 117 Å². The van der Waals surface area contributed by atoms with E-state index in [1.165, 1.54) is 31.4 Å². The number of aliphatic hydroxyl groups is 1. The summed E-state index contributed by atoms with van der Waals surface area (Å²) in [6.45, 7) is 0.0236. The minimum Gasteiger partial charge on any atom is -0.505 e. The first kappa shape index (κ1) is 25.2. The molecule has 0 aromatic heterocycles. The highest BCUT2D eigenvalue weighted by Crippen LogP contribution is 2.33. The largest absolute Gasteiger partial charge is 0.505 e. The molecule has 0 radical (unpaired) electrons. The third-order valence-corrected chi connectivity index (χ3v) is 5.33. The molecule has 0 saturated heterocycles. The molecule has 3 aromatic rings. The lowest BCUT2D eigenvalue weighted by molar-refractivity contribution is 0.0951. The Bertz CT molecular complexity index is 1180. The standard InChI is InChI=1S/C24H22Cl2N2O6/c1-33-21-5-3-2-4-14(21)13-27-24(32)17-12-16(34-9-8-29)6-7-20(17)28-23(31)15-10-18(25)22(30)19(26)11-15/h2-7,10-12,29-30H,8-9,13H2,1H3,(H,27,32)(H,28,31). The maximum Gasteiger partial charge on any atom is 0.255 e. The zero-order valence-electron chi connectivity index (χ0n) is 18.1. The van der Waals surface area contributed by atoms with Crippen LogP contribution in [0, 0.1) is 0 Å². The molecule has 10 heteroatoms. The van der Waals surface area contributed by atoms with Gasteiger partial charge in [0.25, 0.3) is 11.8 Å². The van der Waals surface area contributed by atoms with Gasteiger partial charge in [-0.1, -0.05) is 41.4 Å². The van der Waals surface area contributed by atoms with Crippen molar-refractivity contribution in [2.45, 2.75) is 6.54 Å². The summed E-state index contributed by atoms with van der Waals surface area (Å²) >= 11 is 11.8. The van der Waals surface area contributed by atoms with Crippen LogP contribution in [-0.2, 0) is 6.54 Å². The fourth-order valence-corrected chi connectivity index (χ4v) is 3.57. The van der Waals surface area contributed by atoms with Crippen LogP contribution in [0.15, 0.2) is 54.6 Å². The Morgan fingerprint density at radius 1 is 1.00 bits per heavy atom. The molecule has 0 heterocycles. The number of hydrogen-bond donors (Lipinski definition) is 4. The Hall–Kier alpha value is -3.46. The van der Waals surface area contributed by atoms with Crippen molar-refractivity contribution in [3.63, 3.8) is 0 Å². The highest BCUT2D eigenvalue weighted by Gasteiger charge is 2.18. The van der Waals surface area contributed by atoms with E-state index in [2.05, 4.69) is 10.6 Å². The summed E-state index contributed by atoms with van der Waals surface area (Å²) in [4.78, 5) is 25.9. The molecule has 0 atom stereocenters. The van der Waals surface area contributed by atoms with Crippen molar-refractivity contribution in [1.82, 2.24) is 5.32 Å². The fraction of sp³-hybridized carbons (Fsp3) is 0.167. The molecular formula is C24H22Cl2N2O6. The van der Waals surface area contributed by atoms with Crippen LogP contribution in [0.1, 0.15) is 26.3 Å². The van der Waals surface area contributed by atoms with Gasteiger partial charge < -0.3 is 30.3 Å². The van der Waals surface area contributed by atoms with Gasteiger partial charge in [-0.15, -0.1) is 0 Å². The van der Waals surface area contributed by atoms with E-state index in [4.69, 9.17) is 37.8 Å². The number of aromatic hydroxyl groups is 1. The Morgan fingerprint density at radius 2 is 1.71 bits per heavy atom. The lowest BCUT2D eigenvalue weighted by Gasteiger charge is -2.15. The van der Waals surface area contributed by atoms with Crippen LogP contribution in [0.3, 0.4) is 0 Å². The number of nitrogens with one attached hydrogen (secondary N) is 2. The number of para-hydroxylation sites is 1. The number of ether oxygens (including phenoxy) is 2. The van der Waals surface area contributed by atoms with Crippen LogP contribution in [0.2, 0.25) is 10.0 Å². The molecule has 0 aliphatic heterocycles. The van der Waals surface area contributed by atoms with Crippen molar-refractivity contribution in [3.05, 3.63) is 81.3 Å². The number of carbonyl (C=O) groups is 2. The number of hydrogen-bond acceptors (Lipinski definition) is 6. The van der Waals surface area contributed by atoms with E-state index in [-0.39, 0.29) is 52.4 Å². The zero-order chi connectivity index (χ0) is 24.7. The second-order valence-corrected chi connectivity index (χ2v) is 7.83. The average Bonchev–Trinajstić information content (AvgIpc) is 2.84. The Balaban J connectivity index is 1.86. The van der Waals surface area contributed by atoms with Crippen LogP contribution >= 0.6 is 23.2 Å². The van der Waals surface area contributed by atoms with Gasteiger partial charge in [0.15, 0.2) is 5.75 Å². The monoisotopic (exact) mass is 504 g/mol. The van der Waals surface area contributed by atoms with E-state index in [0.29, 0.717) is 11.5 Å². The molecule has 34 heavy (non-hydrogen) atoms. The third kappa shape index (κ3) is 6.11. The second-order valence-electron chi connectivity index (χ2n) is 7.02. The van der Waals surface area contributed by atoms with Gasteiger partial charge in [-0.05, 0) is 36.4 Å². The maximum absolute atomic E-state index is 13.1. The van der Waals surface area contributed by atoms with Crippen molar-refractivity contribution in [2.24, 2.45) is 0 Å². The number of aliphatic hydroxyl groups excluding tert-OH is 1. The van der Waals surface area contributed by atoms with Crippen molar-refractivity contribution in [3.8, 4) is 17.2 Å². The van der Waals surface area contributed by atoms with Gasteiger partial charge >= 0.3 is 0 Å². The number of amides is 2. The average molecular weight is 505 g/mol. The number of carbonyl (C=O) groups excluding carboxylic acids is 2. The lowest BCUT2D eigenvalue weighted by Crippen LogP contribution is -2.25. The summed E-state index contributed by atoms with van der Waals surface area (Å²) in [6.07, 6.45) is 0. The van der Waals surface area contributed by atoms with E-state index in [1.54, 1.807) is 12.1 Å². The first-order valence-corrected chi connectivity index (χ1v) is 10.9. The van der Waals surface area contributed by atoms with Gasteiger partial charge in [0, 0.05) is 17.7 Å². The number of methoxy groups -OCH3 is 1. The predicted molar refractivity (Wildman–Crippen MR) is 129 cm³/mol. The minimum atomic E-state index is -0.591. The van der Waals surface area contributed by atoms with Crippen molar-refractivity contribution < 1.29 is 29.3 Å². The summed E-state index contributed by atoms with van der Waals surface area (Å²) < 4.78 is 10.7. The second kappa shape index (κ2) is 11.6. The summed E-state index contributed by atoms with van der Waals surface area (Å²) in [5.74, 6) is -0.437. The number of halogens is 2. The van der Waals surface area contributed by atoms with Crippen LogP contribution in [0.4, 0.5) is 5.69 Å². The fourth-order valence-electron chi connectivity index (χ4n) is 3.08. The normalized spacial score (nSPS) is 10.5. The molecule has 0 bridgehead atoms. The van der Waals surface area contributed by atoms with Gasteiger partial charge in [0.2, 0.25) is 0 Å². The number of benzene rings is 3. The smallest absolute Gasteiger partial charge is 0.255 e. The molecule has 0 spiro atoms.